The van der Waals surface area contributed by atoms with Crippen molar-refractivity contribution < 1.29 is 0 Å². The summed E-state index contributed by atoms with van der Waals surface area (Å²) >= 11 is 1.32. The maximum absolute atomic E-state index is 12.4. The lowest BCUT2D eigenvalue weighted by molar-refractivity contribution is 0.722. The molecule has 0 unspecified atom stereocenters. The first-order valence-corrected chi connectivity index (χ1v) is 7.57. The van der Waals surface area contributed by atoms with E-state index in [0.717, 1.165) is 29.4 Å². The molecule has 0 fully saturated rings. The Morgan fingerprint density at radius 3 is 3.05 bits per heavy atom. The predicted molar refractivity (Wildman–Crippen MR) is 82.0 cm³/mol. The van der Waals surface area contributed by atoms with Gasteiger partial charge in [-0.25, -0.2) is 4.52 Å². The Bertz CT molecular complexity index is 818. The minimum absolute atomic E-state index is 0.0764. The first-order valence-electron chi connectivity index (χ1n) is 6.79. The lowest BCUT2D eigenvalue weighted by Crippen LogP contribution is -2.22. The third-order valence-corrected chi connectivity index (χ3v) is 3.86. The summed E-state index contributed by atoms with van der Waals surface area (Å²) in [4.78, 5) is 12.4. The van der Waals surface area contributed by atoms with Crippen molar-refractivity contribution in [3.05, 3.63) is 40.2 Å². The minimum Gasteiger partial charge on any atom is -0.374 e. The quantitative estimate of drug-likeness (QED) is 0.773. The summed E-state index contributed by atoms with van der Waals surface area (Å²) in [6, 6.07) is 1.79. The molecule has 8 heteroatoms. The maximum atomic E-state index is 12.4. The van der Waals surface area contributed by atoms with Crippen molar-refractivity contribution >= 4 is 22.1 Å². The second kappa shape index (κ2) is 5.65. The van der Waals surface area contributed by atoms with Crippen LogP contribution >= 0.6 is 11.5 Å². The van der Waals surface area contributed by atoms with Crippen molar-refractivity contribution in [2.24, 2.45) is 0 Å². The molecular formula is C13H16N6OS. The lowest BCUT2D eigenvalue weighted by atomic mass is 10.4. The van der Waals surface area contributed by atoms with Crippen molar-refractivity contribution in [1.82, 2.24) is 23.8 Å². The normalized spacial score (nSPS) is 11.1. The Hall–Kier alpha value is -2.22. The van der Waals surface area contributed by atoms with E-state index < -0.39 is 0 Å². The monoisotopic (exact) mass is 304 g/mol. The van der Waals surface area contributed by atoms with Crippen molar-refractivity contribution in [2.45, 2.75) is 26.8 Å². The average Bonchev–Trinajstić information content (AvgIpc) is 3.06. The van der Waals surface area contributed by atoms with Gasteiger partial charge in [-0.15, -0.1) is 5.10 Å². The molecule has 0 amide bonds. The molecule has 0 aromatic carbocycles. The van der Waals surface area contributed by atoms with E-state index in [1.807, 2.05) is 6.92 Å². The molecule has 3 aromatic rings. The molecule has 7 nitrogen and oxygen atoms in total. The summed E-state index contributed by atoms with van der Waals surface area (Å²) in [5, 5.41) is 12.6. The van der Waals surface area contributed by atoms with Gasteiger partial charge in [-0.2, -0.15) is 5.10 Å². The number of aromatic nitrogens is 5. The van der Waals surface area contributed by atoms with E-state index in [1.54, 1.807) is 27.5 Å². The van der Waals surface area contributed by atoms with E-state index in [0.29, 0.717) is 12.1 Å². The third kappa shape index (κ3) is 2.66. The van der Waals surface area contributed by atoms with Gasteiger partial charge in [0.25, 0.3) is 5.56 Å². The van der Waals surface area contributed by atoms with Crippen LogP contribution in [0.4, 0.5) is 5.00 Å². The summed E-state index contributed by atoms with van der Waals surface area (Å²) in [6.45, 7) is 5.24. The van der Waals surface area contributed by atoms with Crippen molar-refractivity contribution in [3.63, 3.8) is 0 Å². The fourth-order valence-electron chi connectivity index (χ4n) is 2.12. The number of rotatable bonds is 5. The highest BCUT2D eigenvalue weighted by atomic mass is 32.1. The Labute approximate surface area is 125 Å². The molecule has 0 aliphatic carbocycles. The number of aryl methyl sites for hydroxylation is 1. The molecule has 0 spiro atoms. The molecule has 0 radical (unpaired) electrons. The lowest BCUT2D eigenvalue weighted by Gasteiger charge is -2.06. The van der Waals surface area contributed by atoms with Crippen LogP contribution in [0.2, 0.25) is 0 Å². The topological polar surface area (TPSA) is 77.1 Å². The van der Waals surface area contributed by atoms with Crippen LogP contribution in [-0.2, 0) is 6.54 Å². The van der Waals surface area contributed by atoms with Crippen LogP contribution in [0.1, 0.15) is 24.7 Å². The van der Waals surface area contributed by atoms with Gasteiger partial charge in [0.1, 0.15) is 16.2 Å². The molecule has 1 N–H and O–H groups in total. The molecule has 0 aliphatic rings. The number of nitrogens with zero attached hydrogens (tertiary/aromatic N) is 5. The standard InChI is InChI=1S/C13H16N6OS/c1-3-4-14-12-10(15-17-21-12)8-18-5-6-19-11(13(18)20)7-9(2)16-19/h5-7,14H,3-4,8H2,1-2H3. The van der Waals surface area contributed by atoms with E-state index in [9.17, 15) is 4.79 Å². The van der Waals surface area contributed by atoms with E-state index in [2.05, 4.69) is 26.9 Å². The Morgan fingerprint density at radius 2 is 2.24 bits per heavy atom. The van der Waals surface area contributed by atoms with Crippen molar-refractivity contribution in [2.75, 3.05) is 11.9 Å². The van der Waals surface area contributed by atoms with Gasteiger partial charge in [0.05, 0.1) is 12.2 Å². The second-order valence-corrected chi connectivity index (χ2v) is 5.58. The highest BCUT2D eigenvalue weighted by molar-refractivity contribution is 7.10. The molecule has 3 heterocycles. The highest BCUT2D eigenvalue weighted by Crippen LogP contribution is 2.18. The van der Waals surface area contributed by atoms with Crippen LogP contribution in [0.25, 0.3) is 5.52 Å². The zero-order chi connectivity index (χ0) is 14.8. The van der Waals surface area contributed by atoms with Crippen LogP contribution in [0.15, 0.2) is 23.3 Å². The predicted octanol–water partition coefficient (Wildman–Crippen LogP) is 1.53. The van der Waals surface area contributed by atoms with Gasteiger partial charge in [0.2, 0.25) is 0 Å². The summed E-state index contributed by atoms with van der Waals surface area (Å²) in [5.74, 6) is 0. The van der Waals surface area contributed by atoms with E-state index in [4.69, 9.17) is 0 Å². The van der Waals surface area contributed by atoms with Crippen LogP contribution < -0.4 is 10.9 Å². The first kappa shape index (κ1) is 13.7. The van der Waals surface area contributed by atoms with Crippen LogP contribution in [0.3, 0.4) is 0 Å². The van der Waals surface area contributed by atoms with Gasteiger partial charge in [-0.1, -0.05) is 11.4 Å². The molecule has 0 bridgehead atoms. The van der Waals surface area contributed by atoms with Gasteiger partial charge < -0.3 is 9.88 Å². The Balaban J connectivity index is 1.93. The van der Waals surface area contributed by atoms with Gasteiger partial charge in [-0.05, 0) is 19.4 Å². The molecule has 0 saturated carbocycles. The molecule has 3 rings (SSSR count). The summed E-state index contributed by atoms with van der Waals surface area (Å²) < 4.78 is 7.19. The van der Waals surface area contributed by atoms with Crippen LogP contribution in [0.5, 0.6) is 0 Å². The fraction of sp³-hybridized carbons (Fsp3) is 0.385. The summed E-state index contributed by atoms with van der Waals surface area (Å²) in [5.41, 5.74) is 2.11. The minimum atomic E-state index is -0.0764. The van der Waals surface area contributed by atoms with E-state index >= 15 is 0 Å². The smallest absolute Gasteiger partial charge is 0.276 e. The van der Waals surface area contributed by atoms with E-state index in [1.165, 1.54) is 11.5 Å². The maximum Gasteiger partial charge on any atom is 0.276 e. The third-order valence-electron chi connectivity index (χ3n) is 3.14. The van der Waals surface area contributed by atoms with Gasteiger partial charge in [0.15, 0.2) is 0 Å². The average molecular weight is 304 g/mol. The highest BCUT2D eigenvalue weighted by Gasteiger charge is 2.11. The van der Waals surface area contributed by atoms with Crippen LogP contribution in [0, 0.1) is 6.92 Å². The molecular weight excluding hydrogens is 288 g/mol. The summed E-state index contributed by atoms with van der Waals surface area (Å²) in [7, 11) is 0. The zero-order valence-electron chi connectivity index (χ0n) is 11.9. The molecule has 110 valence electrons. The number of fused-ring (bicyclic) bond motifs is 1. The Morgan fingerprint density at radius 1 is 1.38 bits per heavy atom. The molecule has 21 heavy (non-hydrogen) atoms. The molecule has 0 saturated heterocycles. The fourth-order valence-corrected chi connectivity index (χ4v) is 2.72. The zero-order valence-corrected chi connectivity index (χ0v) is 12.7. The van der Waals surface area contributed by atoms with Gasteiger partial charge >= 0.3 is 0 Å². The molecule has 3 aromatic heterocycles. The largest absolute Gasteiger partial charge is 0.374 e. The number of anilines is 1. The van der Waals surface area contributed by atoms with E-state index in [-0.39, 0.29) is 5.56 Å². The summed E-state index contributed by atoms with van der Waals surface area (Å²) in [6.07, 6.45) is 4.53. The first-order chi connectivity index (χ1) is 10.2. The second-order valence-electron chi connectivity index (χ2n) is 4.82. The Kier molecular flexibility index (Phi) is 3.70. The molecule has 0 aliphatic heterocycles. The number of hydrogen-bond donors (Lipinski definition) is 1. The van der Waals surface area contributed by atoms with Gasteiger partial charge in [0, 0.05) is 30.5 Å². The van der Waals surface area contributed by atoms with Crippen LogP contribution in [-0.4, -0.2) is 30.3 Å². The number of nitrogens with one attached hydrogen (secondary N) is 1. The molecule has 0 atom stereocenters. The van der Waals surface area contributed by atoms with Crippen molar-refractivity contribution in [3.8, 4) is 0 Å². The SMILES string of the molecule is CCCNc1snnc1Cn1ccn2nc(C)cc2c1=O. The number of hydrogen-bond acceptors (Lipinski definition) is 6. The van der Waals surface area contributed by atoms with Gasteiger partial charge in [-0.3, -0.25) is 4.79 Å². The van der Waals surface area contributed by atoms with Crippen molar-refractivity contribution in [1.29, 1.82) is 0 Å².